The lowest BCUT2D eigenvalue weighted by Gasteiger charge is -2.12. The average Bonchev–Trinajstić information content (AvgIpc) is 3.06. The standard InChI is InChI=1S/C13H17N3O2/c1-8-10(5-6-17-8)12-15-13(18-16-12)11-4-2-3-9(11)7-14/h5-6,9,11H,2-4,7,14H2,1H3. The first-order valence-corrected chi connectivity index (χ1v) is 6.37. The SMILES string of the molecule is Cc1occc1-c1noc(C2CCCC2CN)n1. The maximum atomic E-state index is 5.78. The third-order valence-corrected chi connectivity index (χ3v) is 3.82. The van der Waals surface area contributed by atoms with Crippen LogP contribution in [0.25, 0.3) is 11.4 Å². The Labute approximate surface area is 105 Å². The van der Waals surface area contributed by atoms with Gasteiger partial charge in [-0.15, -0.1) is 0 Å². The van der Waals surface area contributed by atoms with Crippen LogP contribution < -0.4 is 5.73 Å². The first-order valence-electron chi connectivity index (χ1n) is 6.37. The van der Waals surface area contributed by atoms with E-state index in [1.807, 2.05) is 13.0 Å². The molecule has 0 saturated heterocycles. The van der Waals surface area contributed by atoms with Crippen molar-refractivity contribution < 1.29 is 8.94 Å². The predicted octanol–water partition coefficient (Wildman–Crippen LogP) is 2.48. The van der Waals surface area contributed by atoms with Crippen LogP contribution in [0.1, 0.15) is 36.8 Å². The number of hydrogen-bond donors (Lipinski definition) is 1. The van der Waals surface area contributed by atoms with Gasteiger partial charge in [-0.3, -0.25) is 0 Å². The second kappa shape index (κ2) is 4.57. The first-order chi connectivity index (χ1) is 8.79. The van der Waals surface area contributed by atoms with Gasteiger partial charge in [0, 0.05) is 5.92 Å². The van der Waals surface area contributed by atoms with E-state index >= 15 is 0 Å². The van der Waals surface area contributed by atoms with Gasteiger partial charge in [-0.2, -0.15) is 4.98 Å². The lowest BCUT2D eigenvalue weighted by molar-refractivity contribution is 0.326. The largest absolute Gasteiger partial charge is 0.469 e. The Morgan fingerprint density at radius 2 is 2.33 bits per heavy atom. The normalized spacial score (nSPS) is 23.7. The number of nitrogens with zero attached hydrogens (tertiary/aromatic N) is 2. The monoisotopic (exact) mass is 247 g/mol. The highest BCUT2D eigenvalue weighted by Gasteiger charge is 2.32. The van der Waals surface area contributed by atoms with E-state index in [-0.39, 0.29) is 0 Å². The van der Waals surface area contributed by atoms with Crippen molar-refractivity contribution in [1.29, 1.82) is 0 Å². The number of hydrogen-bond acceptors (Lipinski definition) is 5. The smallest absolute Gasteiger partial charge is 0.230 e. The second-order valence-electron chi connectivity index (χ2n) is 4.88. The van der Waals surface area contributed by atoms with Crippen molar-refractivity contribution in [3.63, 3.8) is 0 Å². The van der Waals surface area contributed by atoms with Crippen LogP contribution in [-0.2, 0) is 0 Å². The molecule has 1 saturated carbocycles. The summed E-state index contributed by atoms with van der Waals surface area (Å²) in [6.45, 7) is 2.58. The Balaban J connectivity index is 1.88. The summed E-state index contributed by atoms with van der Waals surface area (Å²) in [5, 5.41) is 4.05. The summed E-state index contributed by atoms with van der Waals surface area (Å²) in [6.07, 6.45) is 5.07. The van der Waals surface area contributed by atoms with Crippen molar-refractivity contribution in [2.24, 2.45) is 11.7 Å². The molecule has 1 aliphatic rings. The molecule has 1 aliphatic carbocycles. The van der Waals surface area contributed by atoms with Crippen molar-refractivity contribution in [3.05, 3.63) is 24.0 Å². The minimum atomic E-state index is 0.323. The van der Waals surface area contributed by atoms with Gasteiger partial charge in [0.05, 0.1) is 11.8 Å². The summed E-state index contributed by atoms with van der Waals surface area (Å²) >= 11 is 0. The zero-order valence-corrected chi connectivity index (χ0v) is 10.4. The molecule has 0 aromatic carbocycles. The van der Waals surface area contributed by atoms with Crippen LogP contribution in [0.4, 0.5) is 0 Å². The summed E-state index contributed by atoms with van der Waals surface area (Å²) in [7, 11) is 0. The van der Waals surface area contributed by atoms with E-state index in [0.717, 1.165) is 30.1 Å². The van der Waals surface area contributed by atoms with Gasteiger partial charge in [0.15, 0.2) is 0 Å². The van der Waals surface area contributed by atoms with E-state index < -0.39 is 0 Å². The molecule has 2 unspecified atom stereocenters. The van der Waals surface area contributed by atoms with Gasteiger partial charge in [-0.05, 0) is 38.3 Å². The molecular formula is C13H17N3O2. The van der Waals surface area contributed by atoms with Crippen LogP contribution in [-0.4, -0.2) is 16.7 Å². The minimum Gasteiger partial charge on any atom is -0.469 e. The number of rotatable bonds is 3. The van der Waals surface area contributed by atoms with Crippen molar-refractivity contribution >= 4 is 0 Å². The van der Waals surface area contributed by atoms with Crippen LogP contribution in [0.2, 0.25) is 0 Å². The number of furan rings is 1. The summed E-state index contributed by atoms with van der Waals surface area (Å²) in [6, 6.07) is 1.86. The maximum Gasteiger partial charge on any atom is 0.230 e. The maximum absolute atomic E-state index is 5.78. The van der Waals surface area contributed by atoms with E-state index in [9.17, 15) is 0 Å². The third-order valence-electron chi connectivity index (χ3n) is 3.82. The molecule has 2 aromatic rings. The van der Waals surface area contributed by atoms with E-state index in [1.165, 1.54) is 6.42 Å². The Kier molecular flexibility index (Phi) is 2.91. The molecule has 2 atom stereocenters. The molecule has 3 rings (SSSR count). The molecule has 2 aromatic heterocycles. The van der Waals surface area contributed by atoms with E-state index in [4.69, 9.17) is 14.7 Å². The molecule has 5 heteroatoms. The molecule has 5 nitrogen and oxygen atoms in total. The fourth-order valence-corrected chi connectivity index (χ4v) is 2.76. The van der Waals surface area contributed by atoms with Crippen LogP contribution in [0.5, 0.6) is 0 Å². The van der Waals surface area contributed by atoms with Crippen molar-refractivity contribution in [3.8, 4) is 11.4 Å². The highest BCUT2D eigenvalue weighted by molar-refractivity contribution is 5.56. The zero-order chi connectivity index (χ0) is 12.5. The Bertz CT molecular complexity index is 532. The van der Waals surface area contributed by atoms with E-state index in [0.29, 0.717) is 24.2 Å². The predicted molar refractivity (Wildman–Crippen MR) is 65.9 cm³/mol. The highest BCUT2D eigenvalue weighted by atomic mass is 16.5. The molecule has 0 radical (unpaired) electrons. The van der Waals surface area contributed by atoms with Gasteiger partial charge in [0.25, 0.3) is 0 Å². The molecule has 96 valence electrons. The second-order valence-corrected chi connectivity index (χ2v) is 4.88. The molecule has 0 amide bonds. The lowest BCUT2D eigenvalue weighted by atomic mass is 9.96. The van der Waals surface area contributed by atoms with Crippen LogP contribution in [0.3, 0.4) is 0 Å². The molecule has 0 spiro atoms. The third kappa shape index (κ3) is 1.84. The van der Waals surface area contributed by atoms with Crippen LogP contribution in [0.15, 0.2) is 21.3 Å². The van der Waals surface area contributed by atoms with Gasteiger partial charge in [-0.1, -0.05) is 11.6 Å². The van der Waals surface area contributed by atoms with Crippen molar-refractivity contribution in [2.75, 3.05) is 6.54 Å². The molecule has 18 heavy (non-hydrogen) atoms. The Hall–Kier alpha value is -1.62. The summed E-state index contributed by atoms with van der Waals surface area (Å²) in [4.78, 5) is 4.50. The fraction of sp³-hybridized carbons (Fsp3) is 0.538. The Morgan fingerprint density at radius 1 is 1.44 bits per heavy atom. The van der Waals surface area contributed by atoms with Gasteiger partial charge >= 0.3 is 0 Å². The summed E-state index contributed by atoms with van der Waals surface area (Å²) in [5.41, 5.74) is 6.68. The topological polar surface area (TPSA) is 78.1 Å². The zero-order valence-electron chi connectivity index (χ0n) is 10.4. The molecule has 2 N–H and O–H groups in total. The van der Waals surface area contributed by atoms with Crippen LogP contribution in [0, 0.1) is 12.8 Å². The highest BCUT2D eigenvalue weighted by Crippen LogP contribution is 2.38. The average molecular weight is 247 g/mol. The number of aromatic nitrogens is 2. The number of aryl methyl sites for hydroxylation is 1. The molecule has 1 fully saturated rings. The summed E-state index contributed by atoms with van der Waals surface area (Å²) < 4.78 is 10.7. The van der Waals surface area contributed by atoms with Gasteiger partial charge < -0.3 is 14.7 Å². The molecule has 0 bridgehead atoms. The van der Waals surface area contributed by atoms with Gasteiger partial charge in [0.1, 0.15) is 5.76 Å². The van der Waals surface area contributed by atoms with E-state index in [1.54, 1.807) is 6.26 Å². The molecule has 2 heterocycles. The fourth-order valence-electron chi connectivity index (χ4n) is 2.76. The minimum absolute atomic E-state index is 0.323. The lowest BCUT2D eigenvalue weighted by Crippen LogP contribution is -2.17. The van der Waals surface area contributed by atoms with Crippen molar-refractivity contribution in [2.45, 2.75) is 32.1 Å². The first kappa shape index (κ1) is 11.5. The van der Waals surface area contributed by atoms with Gasteiger partial charge in [-0.25, -0.2) is 0 Å². The number of nitrogens with two attached hydrogens (primary N) is 1. The van der Waals surface area contributed by atoms with Crippen LogP contribution >= 0.6 is 0 Å². The quantitative estimate of drug-likeness (QED) is 0.901. The Morgan fingerprint density at radius 3 is 3.06 bits per heavy atom. The van der Waals surface area contributed by atoms with E-state index in [2.05, 4.69) is 10.1 Å². The van der Waals surface area contributed by atoms with Crippen molar-refractivity contribution in [1.82, 2.24) is 10.1 Å². The molecule has 0 aliphatic heterocycles. The van der Waals surface area contributed by atoms with Gasteiger partial charge in [0.2, 0.25) is 11.7 Å². The molecular weight excluding hydrogens is 230 g/mol. The summed E-state index contributed by atoms with van der Waals surface area (Å²) in [5.74, 6) is 2.94.